The van der Waals surface area contributed by atoms with Gasteiger partial charge >= 0.3 is 0 Å². The lowest BCUT2D eigenvalue weighted by Gasteiger charge is -2.17. The average molecular weight is 389 g/mol. The summed E-state index contributed by atoms with van der Waals surface area (Å²) in [6.07, 6.45) is 0. The predicted octanol–water partition coefficient (Wildman–Crippen LogP) is 3.30. The Balaban J connectivity index is 2.21. The molecule has 3 rings (SSSR count). The van der Waals surface area contributed by atoms with E-state index >= 15 is 0 Å². The van der Waals surface area contributed by atoms with Gasteiger partial charge in [-0.25, -0.2) is 0 Å². The highest BCUT2D eigenvalue weighted by molar-refractivity contribution is 6.32. The van der Waals surface area contributed by atoms with E-state index in [1.165, 1.54) is 28.4 Å². The first-order valence-corrected chi connectivity index (χ1v) is 8.32. The molecule has 0 saturated carbocycles. The minimum absolute atomic E-state index is 0.278. The maximum Gasteiger partial charge on any atom is 0.234 e. The zero-order valence-corrected chi connectivity index (χ0v) is 16.0. The van der Waals surface area contributed by atoms with Crippen molar-refractivity contribution in [1.29, 1.82) is 0 Å². The van der Waals surface area contributed by atoms with Gasteiger partial charge in [0.2, 0.25) is 16.6 Å². The Kier molecular flexibility index (Phi) is 5.10. The number of rotatable bonds is 6. The number of halogens is 1. The van der Waals surface area contributed by atoms with E-state index in [9.17, 15) is 9.59 Å². The number of ether oxygens (including phenoxy) is 4. The smallest absolute Gasteiger partial charge is 0.234 e. The maximum atomic E-state index is 12.3. The van der Waals surface area contributed by atoms with Crippen LogP contribution in [0.5, 0.6) is 23.0 Å². The molecule has 0 radical (unpaired) electrons. The van der Waals surface area contributed by atoms with Crippen LogP contribution in [-0.4, -0.2) is 28.4 Å². The lowest BCUT2D eigenvalue weighted by molar-refractivity contribution is 0.324. The normalized spacial score (nSPS) is 10.7. The Labute approximate surface area is 160 Å². The van der Waals surface area contributed by atoms with Crippen molar-refractivity contribution in [2.75, 3.05) is 28.4 Å². The zero-order valence-electron chi connectivity index (χ0n) is 15.2. The maximum absolute atomic E-state index is 12.3. The molecule has 0 atom stereocenters. The van der Waals surface area contributed by atoms with E-state index in [0.29, 0.717) is 44.7 Å². The van der Waals surface area contributed by atoms with Crippen molar-refractivity contribution in [2.24, 2.45) is 0 Å². The third-order valence-electron chi connectivity index (χ3n) is 4.30. The average Bonchev–Trinajstić information content (AvgIpc) is 2.69. The Morgan fingerprint density at radius 1 is 0.667 bits per heavy atom. The third kappa shape index (κ3) is 3.02. The molecular formula is C20H17ClO6. The van der Waals surface area contributed by atoms with Crippen LogP contribution in [0.25, 0.3) is 22.3 Å². The second-order valence-electron chi connectivity index (χ2n) is 5.67. The largest absolute Gasteiger partial charge is 0.495 e. The van der Waals surface area contributed by atoms with Crippen molar-refractivity contribution in [3.63, 3.8) is 0 Å². The van der Waals surface area contributed by atoms with E-state index in [2.05, 4.69) is 0 Å². The van der Waals surface area contributed by atoms with E-state index in [1.54, 1.807) is 30.3 Å². The molecule has 0 unspecified atom stereocenters. The molecule has 0 spiro atoms. The SMILES string of the molecule is COc1ccc(-c2c(-c3cc(OC)c(OC)c(OC)c3)c(=O)c2=O)cc1Cl. The fraction of sp³-hybridized carbons (Fsp3) is 0.200. The lowest BCUT2D eigenvalue weighted by atomic mass is 9.89. The summed E-state index contributed by atoms with van der Waals surface area (Å²) >= 11 is 6.17. The fourth-order valence-corrected chi connectivity index (χ4v) is 3.25. The minimum Gasteiger partial charge on any atom is -0.495 e. The summed E-state index contributed by atoms with van der Waals surface area (Å²) in [5.74, 6) is 1.65. The van der Waals surface area contributed by atoms with Gasteiger partial charge in [0.05, 0.1) is 33.5 Å². The Bertz CT molecular complexity index is 1050. The molecule has 0 N–H and O–H groups in total. The number of benzene rings is 2. The highest BCUT2D eigenvalue weighted by Gasteiger charge is 2.26. The molecule has 0 amide bonds. The lowest BCUT2D eigenvalue weighted by Crippen LogP contribution is -2.35. The number of hydrogen-bond donors (Lipinski definition) is 0. The van der Waals surface area contributed by atoms with E-state index in [-0.39, 0.29) is 5.56 Å². The van der Waals surface area contributed by atoms with E-state index in [1.807, 2.05) is 0 Å². The summed E-state index contributed by atoms with van der Waals surface area (Å²) in [6.45, 7) is 0. The molecule has 0 aromatic heterocycles. The fourth-order valence-electron chi connectivity index (χ4n) is 2.99. The van der Waals surface area contributed by atoms with Crippen molar-refractivity contribution < 1.29 is 18.9 Å². The van der Waals surface area contributed by atoms with Crippen LogP contribution in [0, 0.1) is 0 Å². The number of methoxy groups -OCH3 is 4. The highest BCUT2D eigenvalue weighted by atomic mass is 35.5. The van der Waals surface area contributed by atoms with Crippen molar-refractivity contribution in [3.05, 3.63) is 55.8 Å². The van der Waals surface area contributed by atoms with Gasteiger partial charge in [0, 0.05) is 11.1 Å². The Hall–Kier alpha value is -2.99. The van der Waals surface area contributed by atoms with Crippen LogP contribution in [-0.2, 0) is 0 Å². The summed E-state index contributed by atoms with van der Waals surface area (Å²) in [5, 5.41) is 0.346. The monoisotopic (exact) mass is 388 g/mol. The van der Waals surface area contributed by atoms with Crippen LogP contribution in [0.15, 0.2) is 39.9 Å². The molecule has 0 saturated heterocycles. The van der Waals surface area contributed by atoms with Crippen molar-refractivity contribution in [2.45, 2.75) is 0 Å². The second kappa shape index (κ2) is 7.32. The van der Waals surface area contributed by atoms with Gasteiger partial charge in [0.1, 0.15) is 5.75 Å². The van der Waals surface area contributed by atoms with Crippen LogP contribution in [0.1, 0.15) is 0 Å². The van der Waals surface area contributed by atoms with Gasteiger partial charge in [0.15, 0.2) is 11.5 Å². The van der Waals surface area contributed by atoms with E-state index < -0.39 is 10.9 Å². The summed E-state index contributed by atoms with van der Waals surface area (Å²) < 4.78 is 21.1. The molecule has 0 aliphatic carbocycles. The van der Waals surface area contributed by atoms with Crippen LogP contribution >= 0.6 is 11.6 Å². The summed E-state index contributed by atoms with van der Waals surface area (Å²) in [6, 6.07) is 8.19. The van der Waals surface area contributed by atoms with Crippen LogP contribution in [0.2, 0.25) is 5.02 Å². The molecule has 0 heterocycles. The second-order valence-corrected chi connectivity index (χ2v) is 6.08. The standard InChI is InChI=1S/C20H17ClO6/c1-24-13-6-5-10(7-12(13)21)16-17(19(23)18(16)22)11-8-14(25-2)20(27-4)15(9-11)26-3/h5-9H,1-4H3. The van der Waals surface area contributed by atoms with Crippen molar-refractivity contribution in [3.8, 4) is 45.3 Å². The molecule has 0 fully saturated rings. The van der Waals surface area contributed by atoms with Crippen molar-refractivity contribution in [1.82, 2.24) is 0 Å². The minimum atomic E-state index is -0.578. The van der Waals surface area contributed by atoms with Gasteiger partial charge in [-0.3, -0.25) is 9.59 Å². The number of hydrogen-bond acceptors (Lipinski definition) is 6. The van der Waals surface area contributed by atoms with Gasteiger partial charge in [-0.15, -0.1) is 0 Å². The molecule has 27 heavy (non-hydrogen) atoms. The molecule has 0 bridgehead atoms. The zero-order chi connectivity index (χ0) is 19.7. The Morgan fingerprint density at radius 2 is 1.19 bits per heavy atom. The molecule has 7 heteroatoms. The molecule has 6 nitrogen and oxygen atoms in total. The summed E-state index contributed by atoms with van der Waals surface area (Å²) in [7, 11) is 5.95. The molecule has 3 aromatic rings. The van der Waals surface area contributed by atoms with Gasteiger partial charge < -0.3 is 18.9 Å². The summed E-state index contributed by atoms with van der Waals surface area (Å²) in [5.41, 5.74) is 0.454. The van der Waals surface area contributed by atoms with Crippen LogP contribution < -0.4 is 29.8 Å². The van der Waals surface area contributed by atoms with Crippen LogP contribution in [0.4, 0.5) is 0 Å². The first-order valence-electron chi connectivity index (χ1n) is 7.94. The van der Waals surface area contributed by atoms with Gasteiger partial charge in [-0.2, -0.15) is 0 Å². The molecule has 140 valence electrons. The van der Waals surface area contributed by atoms with Gasteiger partial charge in [-0.1, -0.05) is 17.7 Å². The summed E-state index contributed by atoms with van der Waals surface area (Å²) in [4.78, 5) is 24.6. The highest BCUT2D eigenvalue weighted by Crippen LogP contribution is 2.42. The van der Waals surface area contributed by atoms with E-state index in [0.717, 1.165) is 0 Å². The van der Waals surface area contributed by atoms with Gasteiger partial charge in [0.25, 0.3) is 0 Å². The molecule has 3 aromatic carbocycles. The topological polar surface area (TPSA) is 71.1 Å². The third-order valence-corrected chi connectivity index (χ3v) is 4.60. The van der Waals surface area contributed by atoms with Crippen LogP contribution in [0.3, 0.4) is 0 Å². The Morgan fingerprint density at radius 3 is 1.63 bits per heavy atom. The van der Waals surface area contributed by atoms with Crippen molar-refractivity contribution >= 4 is 11.6 Å². The van der Waals surface area contributed by atoms with Gasteiger partial charge in [-0.05, 0) is 35.4 Å². The first kappa shape index (κ1) is 18.8. The molecular weight excluding hydrogens is 372 g/mol. The predicted molar refractivity (Wildman–Crippen MR) is 103 cm³/mol. The molecule has 0 aliphatic rings. The molecule has 0 aliphatic heterocycles. The first-order chi connectivity index (χ1) is 13.0. The quantitative estimate of drug-likeness (QED) is 0.603. The van der Waals surface area contributed by atoms with E-state index in [4.69, 9.17) is 30.5 Å².